The van der Waals surface area contributed by atoms with E-state index in [0.29, 0.717) is 31.7 Å². The molecule has 0 saturated heterocycles. The predicted octanol–water partition coefficient (Wildman–Crippen LogP) is 4.50. The molecule has 2 aromatic heterocycles. The molecule has 4 rings (SSSR count). The van der Waals surface area contributed by atoms with Gasteiger partial charge < -0.3 is 4.74 Å². The van der Waals surface area contributed by atoms with Crippen LogP contribution in [0.4, 0.5) is 5.13 Å². The van der Waals surface area contributed by atoms with Gasteiger partial charge in [0, 0.05) is 12.4 Å². The van der Waals surface area contributed by atoms with E-state index in [1.165, 1.54) is 23.3 Å². The number of nitrogens with zero attached hydrogens (tertiary/aromatic N) is 3. The molecule has 2 aromatic carbocycles. The number of methoxy groups -OCH3 is 1. The standard InChI is InChI=1S/C23H20ClN3O4S2/c1-31-19-10-9-18(24)22-21(19)26-23(32-22)27(13-17-8-5-11-25-12-17)20(28)15-33(29,30)14-16-6-3-2-4-7-16/h2-12H,13-15H2,1H3. The zero-order valence-corrected chi connectivity index (χ0v) is 20.0. The van der Waals surface area contributed by atoms with Gasteiger partial charge >= 0.3 is 0 Å². The Labute approximate surface area is 200 Å². The number of thiazole rings is 1. The van der Waals surface area contributed by atoms with Crippen LogP contribution in [-0.4, -0.2) is 37.2 Å². The molecule has 0 aliphatic rings. The van der Waals surface area contributed by atoms with Crippen molar-refractivity contribution >= 4 is 54.0 Å². The molecule has 0 saturated carbocycles. The predicted molar refractivity (Wildman–Crippen MR) is 131 cm³/mol. The number of aromatic nitrogens is 2. The molecule has 0 fully saturated rings. The third-order valence-corrected chi connectivity index (χ3v) is 7.83. The van der Waals surface area contributed by atoms with Gasteiger partial charge in [-0.05, 0) is 29.3 Å². The van der Waals surface area contributed by atoms with Gasteiger partial charge in [-0.1, -0.05) is 59.3 Å². The van der Waals surface area contributed by atoms with E-state index < -0.39 is 21.5 Å². The van der Waals surface area contributed by atoms with Crippen LogP contribution in [-0.2, 0) is 26.9 Å². The lowest BCUT2D eigenvalue weighted by Crippen LogP contribution is -2.35. The summed E-state index contributed by atoms with van der Waals surface area (Å²) in [7, 11) is -2.19. The topological polar surface area (TPSA) is 89.5 Å². The fraction of sp³-hybridized carbons (Fsp3) is 0.174. The molecule has 4 aromatic rings. The first-order chi connectivity index (χ1) is 15.9. The van der Waals surface area contributed by atoms with Crippen molar-refractivity contribution in [1.29, 1.82) is 0 Å². The van der Waals surface area contributed by atoms with Gasteiger partial charge in [-0.3, -0.25) is 14.7 Å². The van der Waals surface area contributed by atoms with Crippen LogP contribution in [0.3, 0.4) is 0 Å². The number of halogens is 1. The van der Waals surface area contributed by atoms with E-state index in [1.54, 1.807) is 54.9 Å². The Kier molecular flexibility index (Phi) is 6.92. The Hall–Kier alpha value is -3.01. The summed E-state index contributed by atoms with van der Waals surface area (Å²) in [6.07, 6.45) is 3.25. The maximum atomic E-state index is 13.3. The van der Waals surface area contributed by atoms with Crippen molar-refractivity contribution in [2.75, 3.05) is 17.8 Å². The molecule has 0 N–H and O–H groups in total. The largest absolute Gasteiger partial charge is 0.494 e. The molecule has 0 unspecified atom stereocenters. The number of hydrogen-bond acceptors (Lipinski definition) is 7. The van der Waals surface area contributed by atoms with E-state index in [0.717, 1.165) is 5.56 Å². The zero-order chi connectivity index (χ0) is 23.4. The van der Waals surface area contributed by atoms with E-state index in [-0.39, 0.29) is 12.3 Å². The van der Waals surface area contributed by atoms with Gasteiger partial charge in [0.05, 0.1) is 29.1 Å². The number of rotatable bonds is 8. The third-order valence-electron chi connectivity index (χ3n) is 4.84. The summed E-state index contributed by atoms with van der Waals surface area (Å²) in [6.45, 7) is 0.118. The molecule has 0 aliphatic carbocycles. The van der Waals surface area contributed by atoms with Crippen LogP contribution >= 0.6 is 22.9 Å². The van der Waals surface area contributed by atoms with E-state index in [1.807, 2.05) is 12.1 Å². The van der Waals surface area contributed by atoms with Gasteiger partial charge in [0.25, 0.3) is 0 Å². The molecule has 0 radical (unpaired) electrons. The first kappa shape index (κ1) is 23.2. The van der Waals surface area contributed by atoms with Gasteiger partial charge in [0.15, 0.2) is 15.0 Å². The maximum absolute atomic E-state index is 13.3. The molecule has 33 heavy (non-hydrogen) atoms. The van der Waals surface area contributed by atoms with Crippen LogP contribution in [0.5, 0.6) is 5.75 Å². The number of carbonyl (C=O) groups is 1. The molecule has 170 valence electrons. The van der Waals surface area contributed by atoms with Crippen molar-refractivity contribution in [3.63, 3.8) is 0 Å². The monoisotopic (exact) mass is 501 g/mol. The van der Waals surface area contributed by atoms with Gasteiger partial charge in [0.2, 0.25) is 5.91 Å². The summed E-state index contributed by atoms with van der Waals surface area (Å²) in [5, 5.41) is 0.806. The van der Waals surface area contributed by atoms with Crippen LogP contribution < -0.4 is 9.64 Å². The average Bonchev–Trinajstić information content (AvgIpc) is 3.24. The molecule has 0 bridgehead atoms. The summed E-state index contributed by atoms with van der Waals surface area (Å²) < 4.78 is 31.6. The molecular weight excluding hydrogens is 482 g/mol. The minimum Gasteiger partial charge on any atom is -0.494 e. The second-order valence-electron chi connectivity index (χ2n) is 7.28. The second-order valence-corrected chi connectivity index (χ2v) is 10.7. The Morgan fingerprint density at radius 3 is 2.55 bits per heavy atom. The second kappa shape index (κ2) is 9.86. The Balaban J connectivity index is 1.69. The molecule has 7 nitrogen and oxygen atoms in total. The Bertz CT molecular complexity index is 1380. The van der Waals surface area contributed by atoms with Crippen LogP contribution in [0.15, 0.2) is 67.0 Å². The van der Waals surface area contributed by atoms with Crippen LogP contribution in [0, 0.1) is 0 Å². The van der Waals surface area contributed by atoms with Gasteiger partial charge in [-0.15, -0.1) is 0 Å². The van der Waals surface area contributed by atoms with E-state index in [2.05, 4.69) is 9.97 Å². The number of amides is 1. The van der Waals surface area contributed by atoms with Crippen molar-refractivity contribution in [2.45, 2.75) is 12.3 Å². The molecular formula is C23H20ClN3O4S2. The number of anilines is 1. The lowest BCUT2D eigenvalue weighted by atomic mass is 10.2. The van der Waals surface area contributed by atoms with Crippen molar-refractivity contribution in [3.05, 3.63) is 83.1 Å². The normalized spacial score (nSPS) is 11.5. The highest BCUT2D eigenvalue weighted by Crippen LogP contribution is 2.39. The molecule has 0 atom stereocenters. The Morgan fingerprint density at radius 1 is 1.09 bits per heavy atom. The highest BCUT2D eigenvalue weighted by Gasteiger charge is 2.27. The van der Waals surface area contributed by atoms with Crippen molar-refractivity contribution < 1.29 is 17.9 Å². The number of fused-ring (bicyclic) bond motifs is 1. The maximum Gasteiger partial charge on any atom is 0.244 e. The van der Waals surface area contributed by atoms with E-state index in [9.17, 15) is 13.2 Å². The van der Waals surface area contributed by atoms with Crippen LogP contribution in [0.1, 0.15) is 11.1 Å². The van der Waals surface area contributed by atoms with Gasteiger partial charge in [-0.25, -0.2) is 13.4 Å². The van der Waals surface area contributed by atoms with Crippen LogP contribution in [0.25, 0.3) is 10.2 Å². The van der Waals surface area contributed by atoms with Crippen molar-refractivity contribution in [3.8, 4) is 5.75 Å². The summed E-state index contributed by atoms with van der Waals surface area (Å²) >= 11 is 7.55. The molecule has 1 amide bonds. The first-order valence-electron chi connectivity index (χ1n) is 9.93. The van der Waals surface area contributed by atoms with Crippen molar-refractivity contribution in [2.24, 2.45) is 0 Å². The molecule has 0 aliphatic heterocycles. The summed E-state index contributed by atoms with van der Waals surface area (Å²) in [6, 6.07) is 15.7. The minimum atomic E-state index is -3.71. The number of hydrogen-bond donors (Lipinski definition) is 0. The van der Waals surface area contributed by atoms with Crippen molar-refractivity contribution in [1.82, 2.24) is 9.97 Å². The SMILES string of the molecule is COc1ccc(Cl)c2sc(N(Cc3cccnc3)C(=O)CS(=O)(=O)Cc3ccccc3)nc12. The lowest BCUT2D eigenvalue weighted by Gasteiger charge is -2.20. The number of sulfone groups is 1. The van der Waals surface area contributed by atoms with Gasteiger partial charge in [-0.2, -0.15) is 0 Å². The fourth-order valence-corrected chi connectivity index (χ4v) is 5.91. The fourth-order valence-electron chi connectivity index (χ4n) is 3.30. The van der Waals surface area contributed by atoms with Gasteiger partial charge in [0.1, 0.15) is 17.0 Å². The van der Waals surface area contributed by atoms with Crippen LogP contribution in [0.2, 0.25) is 5.02 Å². The summed E-state index contributed by atoms with van der Waals surface area (Å²) in [4.78, 5) is 23.3. The first-order valence-corrected chi connectivity index (χ1v) is 12.9. The Morgan fingerprint density at radius 2 is 1.85 bits per heavy atom. The number of pyridine rings is 1. The van der Waals surface area contributed by atoms with E-state index >= 15 is 0 Å². The quantitative estimate of drug-likeness (QED) is 0.353. The minimum absolute atomic E-state index is 0.118. The molecule has 10 heteroatoms. The highest BCUT2D eigenvalue weighted by molar-refractivity contribution is 7.91. The average molecular weight is 502 g/mol. The molecule has 2 heterocycles. The molecule has 0 spiro atoms. The zero-order valence-electron chi connectivity index (χ0n) is 17.6. The number of ether oxygens (including phenoxy) is 1. The lowest BCUT2D eigenvalue weighted by molar-refractivity contribution is -0.116. The summed E-state index contributed by atoms with van der Waals surface area (Å²) in [5.41, 5.74) is 1.88. The van der Waals surface area contributed by atoms with E-state index in [4.69, 9.17) is 16.3 Å². The third kappa shape index (κ3) is 5.50. The highest BCUT2D eigenvalue weighted by atomic mass is 35.5. The summed E-state index contributed by atoms with van der Waals surface area (Å²) in [5.74, 6) is -0.936. The smallest absolute Gasteiger partial charge is 0.244 e. The number of carbonyl (C=O) groups excluding carboxylic acids is 1. The number of benzene rings is 2.